The zero-order chi connectivity index (χ0) is 10.1. The second kappa shape index (κ2) is 10.8. The van der Waals surface area contributed by atoms with Crippen LogP contribution in [-0.2, 0) is 4.79 Å². The van der Waals surface area contributed by atoms with E-state index in [0.29, 0.717) is 6.54 Å². The first-order chi connectivity index (χ1) is 6.18. The van der Waals surface area contributed by atoms with Gasteiger partial charge in [-0.3, -0.25) is 0 Å². The minimum Gasteiger partial charge on any atom is -0.543 e. The van der Waals surface area contributed by atoms with Crippen LogP contribution >= 0.6 is 0 Å². The summed E-state index contributed by atoms with van der Waals surface area (Å²) in [6, 6.07) is 0. The van der Waals surface area contributed by atoms with E-state index in [4.69, 9.17) is 0 Å². The van der Waals surface area contributed by atoms with Gasteiger partial charge in [-0.15, -0.1) is 6.58 Å². The Morgan fingerprint density at radius 2 is 2.21 bits per heavy atom. The molecule has 0 saturated carbocycles. The minimum absolute atomic E-state index is 0. The number of aliphatic carboxylic acids is 1. The number of allylic oxidation sites excluding steroid dienone is 1. The van der Waals surface area contributed by atoms with Crippen LogP contribution in [0.4, 0.5) is 0 Å². The molecule has 0 rings (SSSR count). The van der Waals surface area contributed by atoms with E-state index >= 15 is 0 Å². The summed E-state index contributed by atoms with van der Waals surface area (Å²) in [5.74, 6) is -1.24. The average molecular weight is 206 g/mol. The molecule has 0 aromatic rings. The van der Waals surface area contributed by atoms with Crippen LogP contribution < -0.4 is 40.1 Å². The molecule has 5 heteroatoms. The molecule has 0 saturated heterocycles. The van der Waals surface area contributed by atoms with Crippen LogP contribution in [0.2, 0.25) is 0 Å². The molecule has 0 bridgehead atoms. The molecule has 4 nitrogen and oxygen atoms in total. The van der Waals surface area contributed by atoms with Crippen molar-refractivity contribution in [2.45, 2.75) is 26.2 Å². The van der Waals surface area contributed by atoms with Crippen molar-refractivity contribution in [3.05, 3.63) is 12.7 Å². The summed E-state index contributed by atoms with van der Waals surface area (Å²) in [5, 5.41) is 13.8. The first-order valence-corrected chi connectivity index (χ1v) is 4.28. The molecule has 14 heavy (non-hydrogen) atoms. The van der Waals surface area contributed by atoms with Crippen LogP contribution in [0.5, 0.6) is 0 Å². The second-order valence-electron chi connectivity index (χ2n) is 2.68. The minimum atomic E-state index is -1.24. The van der Waals surface area contributed by atoms with E-state index in [1.54, 1.807) is 0 Å². The van der Waals surface area contributed by atoms with Crippen LogP contribution in [0.3, 0.4) is 0 Å². The van der Waals surface area contributed by atoms with Crippen LogP contribution in [0.15, 0.2) is 17.8 Å². The fourth-order valence-corrected chi connectivity index (χ4v) is 0.713. The summed E-state index contributed by atoms with van der Waals surface area (Å²) in [5.41, 5.74) is 2.63. The van der Waals surface area contributed by atoms with E-state index in [-0.39, 0.29) is 35.3 Å². The van der Waals surface area contributed by atoms with Crippen molar-refractivity contribution in [2.75, 3.05) is 6.54 Å². The van der Waals surface area contributed by atoms with Crippen LogP contribution in [0, 0.1) is 0 Å². The molecule has 0 atom stereocenters. The maximum atomic E-state index is 10.2. The van der Waals surface area contributed by atoms with Gasteiger partial charge >= 0.3 is 29.6 Å². The predicted octanol–water partition coefficient (Wildman–Crippen LogP) is -2.94. The molecule has 0 aromatic carbocycles. The third kappa shape index (κ3) is 9.77. The molecular formula is C9H15N2NaO2. The van der Waals surface area contributed by atoms with Gasteiger partial charge in [0.15, 0.2) is 0 Å². The van der Waals surface area contributed by atoms with E-state index < -0.39 is 5.97 Å². The third-order valence-corrected chi connectivity index (χ3v) is 1.49. The predicted molar refractivity (Wildman–Crippen MR) is 50.2 cm³/mol. The summed E-state index contributed by atoms with van der Waals surface area (Å²) in [6.07, 6.45) is 4.83. The molecule has 0 aliphatic heterocycles. The number of carboxylic acids is 1. The van der Waals surface area contributed by atoms with E-state index in [2.05, 4.69) is 17.1 Å². The van der Waals surface area contributed by atoms with Gasteiger partial charge in [-0.2, -0.15) is 5.10 Å². The molecule has 0 aliphatic rings. The van der Waals surface area contributed by atoms with E-state index in [1.807, 2.05) is 6.08 Å². The van der Waals surface area contributed by atoms with Crippen molar-refractivity contribution in [3.8, 4) is 0 Å². The molecule has 0 radical (unpaired) electrons. The summed E-state index contributed by atoms with van der Waals surface area (Å²) in [4.78, 5) is 10.2. The van der Waals surface area contributed by atoms with Crippen LogP contribution in [0.1, 0.15) is 26.2 Å². The molecule has 0 amide bonds. The zero-order valence-corrected chi connectivity index (χ0v) is 10.9. The number of unbranched alkanes of at least 4 members (excludes halogenated alkanes) is 2. The molecule has 0 unspecified atom stereocenters. The summed E-state index contributed by atoms with van der Waals surface area (Å²) in [7, 11) is 0. The summed E-state index contributed by atoms with van der Waals surface area (Å²) in [6.45, 7) is 5.67. The second-order valence-corrected chi connectivity index (χ2v) is 2.68. The Morgan fingerprint density at radius 3 is 2.71 bits per heavy atom. The van der Waals surface area contributed by atoms with Gasteiger partial charge in [0, 0.05) is 6.54 Å². The molecule has 0 heterocycles. The van der Waals surface area contributed by atoms with Gasteiger partial charge in [-0.05, 0) is 26.2 Å². The standard InChI is InChI=1S/C9H16N2O2.Na/c1-3-4-5-6-7-10-11-8(2)9(12)13;/h3,10H,1,4-7H2,2H3,(H,12,13);/q;+1/p-1/b11-8+;. The molecule has 0 fully saturated rings. The number of carboxylic acid groups (broad SMARTS) is 1. The first kappa shape index (κ1) is 16.1. The molecule has 74 valence electrons. The van der Waals surface area contributed by atoms with Crippen molar-refractivity contribution >= 4 is 11.7 Å². The van der Waals surface area contributed by atoms with Crippen molar-refractivity contribution in [1.82, 2.24) is 5.43 Å². The Hall–Kier alpha value is -0.320. The third-order valence-electron chi connectivity index (χ3n) is 1.49. The Kier molecular flexibility index (Phi) is 12.4. The number of hydrogen-bond acceptors (Lipinski definition) is 4. The van der Waals surface area contributed by atoms with Gasteiger partial charge in [-0.1, -0.05) is 6.08 Å². The van der Waals surface area contributed by atoms with Crippen molar-refractivity contribution in [2.24, 2.45) is 5.10 Å². The van der Waals surface area contributed by atoms with E-state index in [9.17, 15) is 9.90 Å². The quantitative estimate of drug-likeness (QED) is 0.159. The number of hydrogen-bond donors (Lipinski definition) is 1. The van der Waals surface area contributed by atoms with E-state index in [0.717, 1.165) is 19.3 Å². The summed E-state index contributed by atoms with van der Waals surface area (Å²) >= 11 is 0. The fraction of sp³-hybridized carbons (Fsp3) is 0.556. The molecule has 0 spiro atoms. The largest absolute Gasteiger partial charge is 1.00 e. The van der Waals surface area contributed by atoms with Crippen molar-refractivity contribution in [1.29, 1.82) is 0 Å². The Morgan fingerprint density at radius 1 is 1.57 bits per heavy atom. The zero-order valence-electron chi connectivity index (χ0n) is 8.88. The Balaban J connectivity index is 0. The number of carbonyl (C=O) groups is 1. The van der Waals surface area contributed by atoms with Gasteiger partial charge in [-0.25, -0.2) is 0 Å². The topological polar surface area (TPSA) is 64.5 Å². The monoisotopic (exact) mass is 206 g/mol. The fourth-order valence-electron chi connectivity index (χ4n) is 0.713. The number of rotatable bonds is 7. The number of nitrogens with zero attached hydrogens (tertiary/aromatic N) is 1. The van der Waals surface area contributed by atoms with Crippen LogP contribution in [0.25, 0.3) is 0 Å². The molecular weight excluding hydrogens is 191 g/mol. The molecule has 0 aliphatic carbocycles. The number of hydrazone groups is 1. The normalized spacial score (nSPS) is 10.2. The van der Waals surface area contributed by atoms with Gasteiger partial charge in [0.25, 0.3) is 0 Å². The van der Waals surface area contributed by atoms with Crippen LogP contribution in [-0.4, -0.2) is 18.2 Å². The molecule has 1 N–H and O–H groups in total. The summed E-state index contributed by atoms with van der Waals surface area (Å²) < 4.78 is 0. The molecule has 0 aromatic heterocycles. The Bertz CT molecular complexity index is 205. The van der Waals surface area contributed by atoms with Gasteiger partial charge < -0.3 is 15.3 Å². The van der Waals surface area contributed by atoms with Gasteiger partial charge in [0.05, 0.1) is 11.7 Å². The first-order valence-electron chi connectivity index (χ1n) is 4.28. The number of nitrogens with one attached hydrogen (secondary N) is 1. The van der Waals surface area contributed by atoms with Crippen molar-refractivity contribution < 1.29 is 39.5 Å². The number of carbonyl (C=O) groups excluding carboxylic acids is 1. The van der Waals surface area contributed by atoms with E-state index in [1.165, 1.54) is 6.92 Å². The average Bonchev–Trinajstić information content (AvgIpc) is 2.10. The maximum Gasteiger partial charge on any atom is 1.00 e. The smallest absolute Gasteiger partial charge is 0.543 e. The van der Waals surface area contributed by atoms with Gasteiger partial charge in [0.1, 0.15) is 0 Å². The SMILES string of the molecule is C=CCCCCN/N=C(\C)C(=O)[O-].[Na+]. The van der Waals surface area contributed by atoms with Crippen molar-refractivity contribution in [3.63, 3.8) is 0 Å². The Labute approximate surface area is 107 Å². The van der Waals surface area contributed by atoms with Gasteiger partial charge in [0.2, 0.25) is 0 Å². The maximum absolute atomic E-state index is 10.2.